The van der Waals surface area contributed by atoms with Gasteiger partial charge in [-0.15, -0.1) is 0 Å². The number of nitrogens with one attached hydrogen (secondary N) is 1. The Morgan fingerprint density at radius 1 is 1.25 bits per heavy atom. The molecule has 0 heterocycles. The maximum Gasteiger partial charge on any atom is 0.310 e. The molecule has 0 bridgehead atoms. The number of hydrogen-bond donors (Lipinski definition) is 2. The monoisotopic (exact) mass is 283 g/mol. The summed E-state index contributed by atoms with van der Waals surface area (Å²) in [5, 5.41) is 12.4. The van der Waals surface area contributed by atoms with Gasteiger partial charge in [-0.25, -0.2) is 0 Å². The summed E-state index contributed by atoms with van der Waals surface area (Å²) in [6.45, 7) is 9.84. The minimum Gasteiger partial charge on any atom is -0.481 e. The van der Waals surface area contributed by atoms with Gasteiger partial charge in [-0.05, 0) is 43.9 Å². The fourth-order valence-corrected chi connectivity index (χ4v) is 2.82. The molecule has 4 heteroatoms. The van der Waals surface area contributed by atoms with Crippen LogP contribution < -0.4 is 5.32 Å². The van der Waals surface area contributed by atoms with E-state index in [1.165, 1.54) is 0 Å². The fraction of sp³-hybridized carbons (Fsp3) is 0.875. The highest BCUT2D eigenvalue weighted by molar-refractivity contribution is 5.85. The molecular weight excluding hydrogens is 254 g/mol. The lowest BCUT2D eigenvalue weighted by Gasteiger charge is -2.34. The second-order valence-corrected chi connectivity index (χ2v) is 7.09. The molecule has 1 aliphatic carbocycles. The van der Waals surface area contributed by atoms with Crippen molar-refractivity contribution in [3.05, 3.63) is 0 Å². The quantitative estimate of drug-likeness (QED) is 0.815. The molecule has 1 fully saturated rings. The Balaban J connectivity index is 2.57. The van der Waals surface area contributed by atoms with Crippen LogP contribution in [0.2, 0.25) is 0 Å². The smallest absolute Gasteiger partial charge is 0.310 e. The zero-order valence-electron chi connectivity index (χ0n) is 13.4. The summed E-state index contributed by atoms with van der Waals surface area (Å²) < 4.78 is 0. The van der Waals surface area contributed by atoms with Crippen LogP contribution >= 0.6 is 0 Å². The Hall–Kier alpha value is -1.06. The Kier molecular flexibility index (Phi) is 5.60. The zero-order valence-corrected chi connectivity index (χ0v) is 13.4. The molecule has 0 aromatic carbocycles. The van der Waals surface area contributed by atoms with E-state index in [-0.39, 0.29) is 24.3 Å². The predicted octanol–water partition coefficient (Wildman–Crippen LogP) is 3.06. The van der Waals surface area contributed by atoms with Crippen molar-refractivity contribution in [3.63, 3.8) is 0 Å². The lowest BCUT2D eigenvalue weighted by atomic mass is 9.75. The Morgan fingerprint density at radius 3 is 2.30 bits per heavy atom. The van der Waals surface area contributed by atoms with Crippen LogP contribution in [0.5, 0.6) is 0 Å². The van der Waals surface area contributed by atoms with Crippen LogP contribution in [0.3, 0.4) is 0 Å². The van der Waals surface area contributed by atoms with Crippen LogP contribution in [0.4, 0.5) is 0 Å². The highest BCUT2D eigenvalue weighted by Crippen LogP contribution is 2.32. The summed E-state index contributed by atoms with van der Waals surface area (Å²) in [4.78, 5) is 23.6. The summed E-state index contributed by atoms with van der Waals surface area (Å²) in [5.74, 6) is 0.229. The number of rotatable bonds is 5. The van der Waals surface area contributed by atoms with Crippen molar-refractivity contribution in [3.8, 4) is 0 Å². The first-order valence-electron chi connectivity index (χ1n) is 7.69. The number of carboxylic acids is 1. The van der Waals surface area contributed by atoms with Crippen LogP contribution in [0.1, 0.15) is 60.3 Å². The first-order valence-corrected chi connectivity index (χ1v) is 7.69. The molecule has 0 aromatic heterocycles. The molecule has 1 rings (SSSR count). The van der Waals surface area contributed by atoms with Crippen molar-refractivity contribution in [2.24, 2.45) is 23.2 Å². The van der Waals surface area contributed by atoms with Gasteiger partial charge >= 0.3 is 5.97 Å². The maximum absolute atomic E-state index is 12.1. The van der Waals surface area contributed by atoms with Crippen molar-refractivity contribution in [1.82, 2.24) is 5.32 Å². The van der Waals surface area contributed by atoms with Gasteiger partial charge < -0.3 is 10.4 Å². The van der Waals surface area contributed by atoms with E-state index < -0.39 is 11.4 Å². The molecular formula is C16H29NO3. The number of amides is 1. The molecule has 0 spiro atoms. The number of aliphatic carboxylic acids is 1. The van der Waals surface area contributed by atoms with Crippen LogP contribution in [-0.2, 0) is 9.59 Å². The lowest BCUT2D eigenvalue weighted by molar-refractivity contribution is -0.153. The summed E-state index contributed by atoms with van der Waals surface area (Å²) >= 11 is 0. The standard InChI is InChI=1S/C16H29NO3/c1-10(2)16(5,15(19)20)9-14(18)17-13-7-6-11(3)12(4)8-13/h10-13H,6-9H2,1-5H3,(H,17,18)(H,19,20). The van der Waals surface area contributed by atoms with Gasteiger partial charge in [-0.1, -0.05) is 27.7 Å². The van der Waals surface area contributed by atoms with Crippen LogP contribution in [0.25, 0.3) is 0 Å². The van der Waals surface area contributed by atoms with Gasteiger partial charge in [0, 0.05) is 12.5 Å². The molecule has 0 saturated heterocycles. The first-order chi connectivity index (χ1) is 9.16. The van der Waals surface area contributed by atoms with Crippen LogP contribution in [-0.4, -0.2) is 23.0 Å². The van der Waals surface area contributed by atoms with Crippen molar-refractivity contribution in [1.29, 1.82) is 0 Å². The normalized spacial score (nSPS) is 29.8. The SMILES string of the molecule is CC1CCC(NC(=O)CC(C)(C(=O)O)C(C)C)CC1C. The molecule has 0 aliphatic heterocycles. The largest absolute Gasteiger partial charge is 0.481 e. The molecule has 2 N–H and O–H groups in total. The van der Waals surface area contributed by atoms with E-state index in [0.717, 1.165) is 19.3 Å². The van der Waals surface area contributed by atoms with E-state index in [9.17, 15) is 14.7 Å². The van der Waals surface area contributed by atoms with E-state index in [1.807, 2.05) is 13.8 Å². The van der Waals surface area contributed by atoms with E-state index in [4.69, 9.17) is 0 Å². The zero-order chi connectivity index (χ0) is 15.5. The third-order valence-electron chi connectivity index (χ3n) is 5.25. The number of hydrogen-bond acceptors (Lipinski definition) is 2. The summed E-state index contributed by atoms with van der Waals surface area (Å²) in [5.41, 5.74) is -0.988. The highest BCUT2D eigenvalue weighted by Gasteiger charge is 2.39. The maximum atomic E-state index is 12.1. The topological polar surface area (TPSA) is 66.4 Å². The summed E-state index contributed by atoms with van der Waals surface area (Å²) in [6, 6.07) is 0.207. The Labute approximate surface area is 122 Å². The Bertz CT molecular complexity index is 367. The van der Waals surface area contributed by atoms with Crippen molar-refractivity contribution in [2.75, 3.05) is 0 Å². The van der Waals surface area contributed by atoms with Gasteiger partial charge in [0.15, 0.2) is 0 Å². The fourth-order valence-electron chi connectivity index (χ4n) is 2.82. The van der Waals surface area contributed by atoms with Crippen LogP contribution in [0, 0.1) is 23.2 Å². The van der Waals surface area contributed by atoms with E-state index >= 15 is 0 Å². The van der Waals surface area contributed by atoms with Gasteiger partial charge in [0.2, 0.25) is 5.91 Å². The number of carboxylic acid groups (broad SMARTS) is 1. The highest BCUT2D eigenvalue weighted by atomic mass is 16.4. The molecule has 0 radical (unpaired) electrons. The molecule has 116 valence electrons. The van der Waals surface area contributed by atoms with E-state index in [2.05, 4.69) is 19.2 Å². The van der Waals surface area contributed by atoms with Crippen molar-refractivity contribution >= 4 is 11.9 Å². The minimum absolute atomic E-state index is 0.0560. The van der Waals surface area contributed by atoms with E-state index in [1.54, 1.807) is 6.92 Å². The van der Waals surface area contributed by atoms with Crippen molar-refractivity contribution < 1.29 is 14.7 Å². The molecule has 1 amide bonds. The predicted molar refractivity (Wildman–Crippen MR) is 79.3 cm³/mol. The third kappa shape index (κ3) is 3.97. The first kappa shape index (κ1) is 17.0. The van der Waals surface area contributed by atoms with Crippen molar-refractivity contribution in [2.45, 2.75) is 66.3 Å². The van der Waals surface area contributed by atoms with Gasteiger partial charge in [-0.2, -0.15) is 0 Å². The van der Waals surface area contributed by atoms with E-state index in [0.29, 0.717) is 11.8 Å². The minimum atomic E-state index is -0.988. The average molecular weight is 283 g/mol. The second-order valence-electron chi connectivity index (χ2n) is 7.09. The lowest BCUT2D eigenvalue weighted by Crippen LogP contribution is -2.44. The number of carbonyl (C=O) groups is 2. The molecule has 4 nitrogen and oxygen atoms in total. The molecule has 4 atom stereocenters. The number of carbonyl (C=O) groups excluding carboxylic acids is 1. The molecule has 1 aliphatic rings. The average Bonchev–Trinajstić information content (AvgIpc) is 2.33. The Morgan fingerprint density at radius 2 is 1.85 bits per heavy atom. The molecule has 20 heavy (non-hydrogen) atoms. The van der Waals surface area contributed by atoms with Gasteiger partial charge in [0.25, 0.3) is 0 Å². The third-order valence-corrected chi connectivity index (χ3v) is 5.25. The summed E-state index contributed by atoms with van der Waals surface area (Å²) in [7, 11) is 0. The molecule has 1 saturated carbocycles. The molecule has 4 unspecified atom stereocenters. The van der Waals surface area contributed by atoms with Gasteiger partial charge in [0.05, 0.1) is 5.41 Å². The summed E-state index contributed by atoms with van der Waals surface area (Å²) in [6.07, 6.45) is 3.19. The van der Waals surface area contributed by atoms with Gasteiger partial charge in [-0.3, -0.25) is 9.59 Å². The van der Waals surface area contributed by atoms with Gasteiger partial charge in [0.1, 0.15) is 0 Å². The second kappa shape index (κ2) is 6.59. The molecule has 0 aromatic rings. The van der Waals surface area contributed by atoms with Crippen LogP contribution in [0.15, 0.2) is 0 Å².